The van der Waals surface area contributed by atoms with Crippen LogP contribution in [0.5, 0.6) is 0 Å². The third kappa shape index (κ3) is 3.94. The summed E-state index contributed by atoms with van der Waals surface area (Å²) in [4.78, 5) is 19.3. The number of para-hydroxylation sites is 2. The number of nitrogens with zero attached hydrogens (tertiary/aromatic N) is 3. The maximum atomic E-state index is 12.6. The molecule has 1 aromatic heterocycles. The average molecular weight is 330 g/mol. The van der Waals surface area contributed by atoms with Crippen LogP contribution >= 0.6 is 0 Å². The van der Waals surface area contributed by atoms with Crippen LogP contribution in [0.15, 0.2) is 30.6 Å². The van der Waals surface area contributed by atoms with Gasteiger partial charge in [0.25, 0.3) is 0 Å². The number of nitrogens with one attached hydrogen (secondary N) is 1. The Labute approximate surface area is 142 Å². The van der Waals surface area contributed by atoms with Crippen LogP contribution in [0, 0.1) is 0 Å². The van der Waals surface area contributed by atoms with E-state index in [4.69, 9.17) is 4.74 Å². The Morgan fingerprint density at radius 2 is 2.04 bits per heavy atom. The summed E-state index contributed by atoms with van der Waals surface area (Å²) in [5, 5.41) is 3.13. The molecule has 0 aliphatic carbocycles. The van der Waals surface area contributed by atoms with Crippen molar-refractivity contribution in [3.05, 3.63) is 30.6 Å². The fourth-order valence-corrected chi connectivity index (χ4v) is 3.05. The summed E-state index contributed by atoms with van der Waals surface area (Å²) in [5.41, 5.74) is 1.90. The van der Waals surface area contributed by atoms with Crippen LogP contribution in [0.4, 0.5) is 0 Å². The zero-order valence-corrected chi connectivity index (χ0v) is 14.4. The van der Waals surface area contributed by atoms with Crippen molar-refractivity contribution in [1.82, 2.24) is 19.8 Å². The summed E-state index contributed by atoms with van der Waals surface area (Å²) >= 11 is 0. The molecule has 2 unspecified atom stereocenters. The highest BCUT2D eigenvalue weighted by molar-refractivity contribution is 5.83. The van der Waals surface area contributed by atoms with Gasteiger partial charge < -0.3 is 14.6 Å². The quantitative estimate of drug-likeness (QED) is 0.878. The molecule has 2 aromatic rings. The summed E-state index contributed by atoms with van der Waals surface area (Å²) in [6.07, 6.45) is 2.69. The molecule has 0 saturated carbocycles. The molecule has 1 N–H and O–H groups in total. The van der Waals surface area contributed by atoms with Gasteiger partial charge in [-0.3, -0.25) is 9.69 Å². The molecule has 1 aliphatic heterocycles. The first-order valence-electron chi connectivity index (χ1n) is 8.67. The van der Waals surface area contributed by atoms with Crippen molar-refractivity contribution in [1.29, 1.82) is 0 Å². The van der Waals surface area contributed by atoms with Gasteiger partial charge in [0, 0.05) is 25.7 Å². The lowest BCUT2D eigenvalue weighted by Gasteiger charge is -2.28. The van der Waals surface area contributed by atoms with Crippen molar-refractivity contribution in [2.75, 3.05) is 32.8 Å². The topological polar surface area (TPSA) is 59.4 Å². The smallest absolute Gasteiger partial charge is 0.243 e. The second kappa shape index (κ2) is 7.77. The number of hydrogen-bond donors (Lipinski definition) is 1. The van der Waals surface area contributed by atoms with Gasteiger partial charge in [0.15, 0.2) is 0 Å². The van der Waals surface area contributed by atoms with Crippen LogP contribution in [-0.4, -0.2) is 59.2 Å². The Kier molecular flexibility index (Phi) is 5.48. The standard InChI is InChI=1S/C18H26N4O2/c1-14(7-8-21-9-11-24-12-10-21)20-18(23)15(2)22-13-19-16-5-3-4-6-17(16)22/h3-6,13-15H,7-12H2,1-2H3,(H,20,23). The monoisotopic (exact) mass is 330 g/mol. The predicted octanol–water partition coefficient (Wildman–Crippen LogP) is 1.82. The van der Waals surface area contributed by atoms with E-state index in [2.05, 4.69) is 22.1 Å². The van der Waals surface area contributed by atoms with Gasteiger partial charge in [-0.05, 0) is 32.4 Å². The SMILES string of the molecule is CC(CCN1CCOCC1)NC(=O)C(C)n1cnc2ccccc21. The minimum absolute atomic E-state index is 0.0348. The van der Waals surface area contributed by atoms with Crippen LogP contribution in [-0.2, 0) is 9.53 Å². The molecule has 6 nitrogen and oxygen atoms in total. The number of hydrogen-bond acceptors (Lipinski definition) is 4. The fraction of sp³-hybridized carbons (Fsp3) is 0.556. The van der Waals surface area contributed by atoms with Crippen molar-refractivity contribution in [3.63, 3.8) is 0 Å². The number of amides is 1. The number of rotatable bonds is 6. The molecule has 6 heteroatoms. The molecule has 0 bridgehead atoms. The van der Waals surface area contributed by atoms with Gasteiger partial charge in [0.05, 0.1) is 30.6 Å². The van der Waals surface area contributed by atoms with Crippen molar-refractivity contribution in [3.8, 4) is 0 Å². The third-order valence-corrected chi connectivity index (χ3v) is 4.65. The van der Waals surface area contributed by atoms with Gasteiger partial charge in [0.1, 0.15) is 6.04 Å². The van der Waals surface area contributed by atoms with E-state index < -0.39 is 0 Å². The molecule has 1 amide bonds. The highest BCUT2D eigenvalue weighted by Crippen LogP contribution is 2.17. The van der Waals surface area contributed by atoms with E-state index in [0.29, 0.717) is 0 Å². The summed E-state index contributed by atoms with van der Waals surface area (Å²) < 4.78 is 7.29. The summed E-state index contributed by atoms with van der Waals surface area (Å²) in [6, 6.07) is 7.75. The van der Waals surface area contributed by atoms with Crippen LogP contribution in [0.2, 0.25) is 0 Å². The van der Waals surface area contributed by atoms with E-state index in [1.807, 2.05) is 35.8 Å². The maximum Gasteiger partial charge on any atom is 0.243 e. The Morgan fingerprint density at radius 3 is 2.83 bits per heavy atom. The highest BCUT2D eigenvalue weighted by atomic mass is 16.5. The lowest BCUT2D eigenvalue weighted by molar-refractivity contribution is -0.124. The number of morpholine rings is 1. The third-order valence-electron chi connectivity index (χ3n) is 4.65. The second-order valence-corrected chi connectivity index (χ2v) is 6.47. The van der Waals surface area contributed by atoms with E-state index >= 15 is 0 Å². The molecule has 1 aliphatic rings. The molecule has 1 aromatic carbocycles. The number of carbonyl (C=O) groups is 1. The predicted molar refractivity (Wildman–Crippen MR) is 93.9 cm³/mol. The van der Waals surface area contributed by atoms with Gasteiger partial charge in [-0.25, -0.2) is 4.98 Å². The van der Waals surface area contributed by atoms with Crippen molar-refractivity contribution < 1.29 is 9.53 Å². The van der Waals surface area contributed by atoms with Crippen LogP contribution < -0.4 is 5.32 Å². The Balaban J connectivity index is 1.53. The molecular weight excluding hydrogens is 304 g/mol. The molecule has 1 saturated heterocycles. The average Bonchev–Trinajstić information content (AvgIpc) is 3.04. The molecule has 2 atom stereocenters. The minimum atomic E-state index is -0.275. The fourth-order valence-electron chi connectivity index (χ4n) is 3.05. The first kappa shape index (κ1) is 16.9. The van der Waals surface area contributed by atoms with E-state index in [9.17, 15) is 4.79 Å². The molecule has 130 valence electrons. The lowest BCUT2D eigenvalue weighted by Crippen LogP contribution is -2.41. The second-order valence-electron chi connectivity index (χ2n) is 6.47. The highest BCUT2D eigenvalue weighted by Gasteiger charge is 2.19. The Morgan fingerprint density at radius 1 is 1.29 bits per heavy atom. The number of aromatic nitrogens is 2. The van der Waals surface area contributed by atoms with Crippen LogP contribution in [0.3, 0.4) is 0 Å². The first-order valence-corrected chi connectivity index (χ1v) is 8.67. The van der Waals surface area contributed by atoms with Gasteiger partial charge >= 0.3 is 0 Å². The molecule has 24 heavy (non-hydrogen) atoms. The normalized spacial score (nSPS) is 18.4. The van der Waals surface area contributed by atoms with Crippen molar-refractivity contribution in [2.45, 2.75) is 32.4 Å². The van der Waals surface area contributed by atoms with Gasteiger partial charge in [0.2, 0.25) is 5.91 Å². The molecule has 3 rings (SSSR count). The number of carbonyl (C=O) groups excluding carboxylic acids is 1. The number of benzene rings is 1. The summed E-state index contributed by atoms with van der Waals surface area (Å²) in [5.74, 6) is 0.0348. The summed E-state index contributed by atoms with van der Waals surface area (Å²) in [7, 11) is 0. The molecule has 2 heterocycles. The number of imidazole rings is 1. The lowest BCUT2D eigenvalue weighted by atomic mass is 10.2. The van der Waals surface area contributed by atoms with Gasteiger partial charge in [-0.15, -0.1) is 0 Å². The molecule has 1 fully saturated rings. The van der Waals surface area contributed by atoms with Gasteiger partial charge in [-0.1, -0.05) is 12.1 Å². The van der Waals surface area contributed by atoms with E-state index in [-0.39, 0.29) is 18.0 Å². The molecule has 0 radical (unpaired) electrons. The molecular formula is C18H26N4O2. The van der Waals surface area contributed by atoms with Crippen molar-refractivity contribution >= 4 is 16.9 Å². The first-order chi connectivity index (χ1) is 11.6. The van der Waals surface area contributed by atoms with Crippen LogP contribution in [0.25, 0.3) is 11.0 Å². The molecule has 0 spiro atoms. The minimum Gasteiger partial charge on any atom is -0.379 e. The largest absolute Gasteiger partial charge is 0.379 e. The maximum absolute atomic E-state index is 12.6. The zero-order chi connectivity index (χ0) is 16.9. The number of fused-ring (bicyclic) bond motifs is 1. The van der Waals surface area contributed by atoms with Gasteiger partial charge in [-0.2, -0.15) is 0 Å². The summed E-state index contributed by atoms with van der Waals surface area (Å²) in [6.45, 7) is 8.57. The van der Waals surface area contributed by atoms with E-state index in [1.54, 1.807) is 6.33 Å². The van der Waals surface area contributed by atoms with Crippen LogP contribution in [0.1, 0.15) is 26.3 Å². The number of ether oxygens (including phenoxy) is 1. The van der Waals surface area contributed by atoms with Crippen molar-refractivity contribution in [2.24, 2.45) is 0 Å². The Bertz CT molecular complexity index is 678. The zero-order valence-electron chi connectivity index (χ0n) is 14.4. The Hall–Kier alpha value is -1.92. The van der Waals surface area contributed by atoms with E-state index in [0.717, 1.165) is 50.3 Å². The van der Waals surface area contributed by atoms with E-state index in [1.165, 1.54) is 0 Å².